The van der Waals surface area contributed by atoms with Crippen LogP contribution in [0.2, 0.25) is 0 Å². The van der Waals surface area contributed by atoms with Crippen LogP contribution in [-0.4, -0.2) is 24.8 Å². The molecule has 0 bridgehead atoms. The average molecular weight is 281 g/mol. The number of nitrogens with zero attached hydrogens (tertiary/aromatic N) is 1. The predicted octanol–water partition coefficient (Wildman–Crippen LogP) is 3.26. The third-order valence-corrected chi connectivity index (χ3v) is 5.95. The summed E-state index contributed by atoms with van der Waals surface area (Å²) in [6.07, 6.45) is 2.98. The van der Waals surface area contributed by atoms with Gasteiger partial charge in [-0.1, -0.05) is 12.5 Å². The smallest absolute Gasteiger partial charge is 0.207 e. The Bertz CT molecular complexity index is 556. The number of hydrogen-bond donors (Lipinski definition) is 0. The molecule has 0 saturated carbocycles. The van der Waals surface area contributed by atoms with Crippen LogP contribution < -0.4 is 0 Å². The number of aryl methyl sites for hydroxylation is 2. The first-order valence-electron chi connectivity index (χ1n) is 6.85. The minimum atomic E-state index is -3.38. The average Bonchev–Trinajstić information content (AvgIpc) is 2.26. The summed E-state index contributed by atoms with van der Waals surface area (Å²) >= 11 is 0. The molecule has 0 N–H and O–H groups in total. The van der Waals surface area contributed by atoms with Gasteiger partial charge in [-0.25, -0.2) is 8.42 Å². The highest BCUT2D eigenvalue weighted by Crippen LogP contribution is 2.33. The quantitative estimate of drug-likeness (QED) is 0.834. The van der Waals surface area contributed by atoms with Gasteiger partial charge in [-0.3, -0.25) is 0 Å². The standard InChI is InChI=1S/C15H23NO2S/c1-12-9-13(2)11-14(10-12)19(17,18)16-8-6-5-7-15(16,3)4/h9-11H,5-8H2,1-4H3. The van der Waals surface area contributed by atoms with Crippen LogP contribution >= 0.6 is 0 Å². The molecule has 0 amide bonds. The Hall–Kier alpha value is -0.870. The van der Waals surface area contributed by atoms with Gasteiger partial charge in [-0.15, -0.1) is 0 Å². The van der Waals surface area contributed by atoms with Gasteiger partial charge in [0.05, 0.1) is 4.90 Å². The van der Waals surface area contributed by atoms with Crippen LogP contribution in [0.15, 0.2) is 23.1 Å². The Labute approximate surface area is 116 Å². The molecule has 0 atom stereocenters. The molecular formula is C15H23NO2S. The monoisotopic (exact) mass is 281 g/mol. The summed E-state index contributed by atoms with van der Waals surface area (Å²) < 4.78 is 27.3. The fourth-order valence-electron chi connectivity index (χ4n) is 2.89. The molecule has 0 radical (unpaired) electrons. The molecular weight excluding hydrogens is 258 g/mol. The van der Waals surface area contributed by atoms with Crippen molar-refractivity contribution < 1.29 is 8.42 Å². The highest BCUT2D eigenvalue weighted by atomic mass is 32.2. The first-order chi connectivity index (χ1) is 8.73. The molecule has 1 saturated heterocycles. The van der Waals surface area contributed by atoms with Gasteiger partial charge >= 0.3 is 0 Å². The van der Waals surface area contributed by atoms with Crippen molar-refractivity contribution in [2.75, 3.05) is 6.54 Å². The Morgan fingerprint density at radius 3 is 2.16 bits per heavy atom. The zero-order valence-corrected chi connectivity index (χ0v) is 13.0. The van der Waals surface area contributed by atoms with E-state index in [0.717, 1.165) is 30.4 Å². The lowest BCUT2D eigenvalue weighted by molar-refractivity contribution is 0.170. The molecule has 0 spiro atoms. The van der Waals surface area contributed by atoms with Crippen molar-refractivity contribution in [3.8, 4) is 0 Å². The molecule has 1 aliphatic rings. The molecule has 0 aliphatic carbocycles. The van der Waals surface area contributed by atoms with E-state index in [2.05, 4.69) is 0 Å². The molecule has 1 aromatic carbocycles. The van der Waals surface area contributed by atoms with E-state index >= 15 is 0 Å². The molecule has 4 heteroatoms. The first kappa shape index (κ1) is 14.5. The van der Waals surface area contributed by atoms with Gasteiger partial charge in [-0.05, 0) is 63.8 Å². The highest BCUT2D eigenvalue weighted by molar-refractivity contribution is 7.89. The summed E-state index contributed by atoms with van der Waals surface area (Å²) in [5.41, 5.74) is 1.70. The molecule has 1 heterocycles. The van der Waals surface area contributed by atoms with E-state index in [1.807, 2.05) is 33.8 Å². The maximum Gasteiger partial charge on any atom is 0.243 e. The Balaban J connectivity index is 2.47. The molecule has 1 fully saturated rings. The van der Waals surface area contributed by atoms with Crippen molar-refractivity contribution in [1.82, 2.24) is 4.31 Å². The van der Waals surface area contributed by atoms with Gasteiger partial charge in [0.2, 0.25) is 10.0 Å². The lowest BCUT2D eigenvalue weighted by atomic mass is 9.93. The van der Waals surface area contributed by atoms with Crippen molar-refractivity contribution in [3.05, 3.63) is 29.3 Å². The second kappa shape index (κ2) is 4.91. The second-order valence-corrected chi connectivity index (χ2v) is 8.03. The zero-order valence-electron chi connectivity index (χ0n) is 12.2. The molecule has 2 rings (SSSR count). The van der Waals surface area contributed by atoms with Gasteiger partial charge in [0.15, 0.2) is 0 Å². The van der Waals surface area contributed by atoms with Crippen LogP contribution in [0.5, 0.6) is 0 Å². The van der Waals surface area contributed by atoms with E-state index in [4.69, 9.17) is 0 Å². The van der Waals surface area contributed by atoms with Crippen molar-refractivity contribution >= 4 is 10.0 Å². The van der Waals surface area contributed by atoms with Crippen molar-refractivity contribution in [3.63, 3.8) is 0 Å². The van der Waals surface area contributed by atoms with Crippen molar-refractivity contribution in [2.24, 2.45) is 0 Å². The van der Waals surface area contributed by atoms with E-state index in [9.17, 15) is 8.42 Å². The zero-order chi connectivity index (χ0) is 14.3. The molecule has 0 unspecified atom stereocenters. The van der Waals surface area contributed by atoms with Crippen molar-refractivity contribution in [1.29, 1.82) is 0 Å². The number of sulfonamides is 1. The van der Waals surface area contributed by atoms with Gasteiger partial charge in [0.25, 0.3) is 0 Å². The molecule has 1 aliphatic heterocycles. The Morgan fingerprint density at radius 2 is 1.63 bits per heavy atom. The van der Waals surface area contributed by atoms with Crippen LogP contribution in [0.4, 0.5) is 0 Å². The molecule has 0 aromatic heterocycles. The minimum absolute atomic E-state index is 0.283. The predicted molar refractivity (Wildman–Crippen MR) is 77.7 cm³/mol. The van der Waals surface area contributed by atoms with Crippen LogP contribution in [0.3, 0.4) is 0 Å². The van der Waals surface area contributed by atoms with E-state index in [1.165, 1.54) is 0 Å². The van der Waals surface area contributed by atoms with Gasteiger partial charge in [-0.2, -0.15) is 4.31 Å². The largest absolute Gasteiger partial charge is 0.243 e. The summed E-state index contributed by atoms with van der Waals surface area (Å²) in [4.78, 5) is 0.431. The second-order valence-electron chi connectivity index (χ2n) is 6.17. The SMILES string of the molecule is Cc1cc(C)cc(S(=O)(=O)N2CCCCC2(C)C)c1. The maximum absolute atomic E-state index is 12.8. The summed E-state index contributed by atoms with van der Waals surface area (Å²) in [7, 11) is -3.38. The summed E-state index contributed by atoms with van der Waals surface area (Å²) in [6, 6.07) is 5.54. The van der Waals surface area contributed by atoms with Crippen LogP contribution in [0.25, 0.3) is 0 Å². The minimum Gasteiger partial charge on any atom is -0.207 e. The first-order valence-corrected chi connectivity index (χ1v) is 8.29. The van der Waals surface area contributed by atoms with E-state index in [-0.39, 0.29) is 5.54 Å². The summed E-state index contributed by atoms with van der Waals surface area (Å²) in [5.74, 6) is 0. The normalized spacial score (nSPS) is 20.4. The number of rotatable bonds is 2. The summed E-state index contributed by atoms with van der Waals surface area (Å²) in [5, 5.41) is 0. The van der Waals surface area contributed by atoms with Crippen molar-refractivity contribution in [2.45, 2.75) is 57.4 Å². The third kappa shape index (κ3) is 2.84. The third-order valence-electron chi connectivity index (χ3n) is 3.86. The highest BCUT2D eigenvalue weighted by Gasteiger charge is 2.38. The van der Waals surface area contributed by atoms with E-state index < -0.39 is 10.0 Å². The molecule has 1 aromatic rings. The number of piperidine rings is 1. The van der Waals surface area contributed by atoms with Crippen LogP contribution in [0, 0.1) is 13.8 Å². The molecule has 3 nitrogen and oxygen atoms in total. The fourth-order valence-corrected chi connectivity index (χ4v) is 4.93. The number of benzene rings is 1. The van der Waals surface area contributed by atoms with Crippen LogP contribution in [0.1, 0.15) is 44.2 Å². The maximum atomic E-state index is 12.8. The summed E-state index contributed by atoms with van der Waals surface area (Å²) in [6.45, 7) is 8.54. The van der Waals surface area contributed by atoms with Gasteiger partial charge in [0.1, 0.15) is 0 Å². The Kier molecular flexibility index (Phi) is 3.76. The molecule has 19 heavy (non-hydrogen) atoms. The van der Waals surface area contributed by atoms with E-state index in [0.29, 0.717) is 11.4 Å². The van der Waals surface area contributed by atoms with Gasteiger partial charge in [0, 0.05) is 12.1 Å². The topological polar surface area (TPSA) is 37.4 Å². The van der Waals surface area contributed by atoms with E-state index in [1.54, 1.807) is 16.4 Å². The lowest BCUT2D eigenvalue weighted by Crippen LogP contribution is -2.50. The fraction of sp³-hybridized carbons (Fsp3) is 0.600. The van der Waals surface area contributed by atoms with Gasteiger partial charge < -0.3 is 0 Å². The Morgan fingerprint density at radius 1 is 1.05 bits per heavy atom. The van der Waals surface area contributed by atoms with Crippen LogP contribution in [-0.2, 0) is 10.0 Å². The molecule has 106 valence electrons. The lowest BCUT2D eigenvalue weighted by Gasteiger charge is -2.41. The number of hydrogen-bond acceptors (Lipinski definition) is 2.